The summed E-state index contributed by atoms with van der Waals surface area (Å²) in [6, 6.07) is 25.1. The molecular weight excluding hydrogens is 460 g/mol. The standard InChI is InChI=1S/C28H29ClN4O2/c29-24-8-4-5-22(17-24)20-33-16-15-31-27(33)18-28(35)32-25-11-9-21(10-12-25)13-14-30-19-26(34)23-6-2-1-3-7-23/h1-12,15-17,26,30,34H,13-14,18-20H2,(H,32,35). The molecule has 3 N–H and O–H groups in total. The number of nitrogens with one attached hydrogen (secondary N) is 2. The fourth-order valence-electron chi connectivity index (χ4n) is 3.85. The van der Waals surface area contributed by atoms with Crippen molar-refractivity contribution in [2.45, 2.75) is 25.5 Å². The van der Waals surface area contributed by atoms with Gasteiger partial charge in [-0.3, -0.25) is 4.79 Å². The Morgan fingerprint density at radius 3 is 2.57 bits per heavy atom. The van der Waals surface area contributed by atoms with Crippen LogP contribution in [0.4, 0.5) is 5.69 Å². The molecule has 0 aliphatic heterocycles. The number of imidazole rings is 1. The second-order valence-electron chi connectivity index (χ2n) is 8.40. The zero-order valence-electron chi connectivity index (χ0n) is 19.4. The van der Waals surface area contributed by atoms with Gasteiger partial charge >= 0.3 is 0 Å². The molecule has 0 aliphatic carbocycles. The van der Waals surface area contributed by atoms with Gasteiger partial charge in [0.1, 0.15) is 5.82 Å². The van der Waals surface area contributed by atoms with Gasteiger partial charge in [-0.25, -0.2) is 4.98 Å². The van der Waals surface area contributed by atoms with E-state index in [9.17, 15) is 9.90 Å². The molecule has 180 valence electrons. The SMILES string of the molecule is O=C(Cc1nccn1Cc1cccc(Cl)c1)Nc1ccc(CCNCC(O)c2ccccc2)cc1. The van der Waals surface area contributed by atoms with E-state index in [1.165, 1.54) is 0 Å². The van der Waals surface area contributed by atoms with Crippen LogP contribution >= 0.6 is 11.6 Å². The number of hydrogen-bond donors (Lipinski definition) is 3. The number of carbonyl (C=O) groups is 1. The minimum Gasteiger partial charge on any atom is -0.387 e. The van der Waals surface area contributed by atoms with Gasteiger partial charge in [-0.05, 0) is 53.9 Å². The molecule has 4 rings (SSSR count). The third kappa shape index (κ3) is 7.52. The number of aromatic nitrogens is 2. The van der Waals surface area contributed by atoms with Crippen molar-refractivity contribution < 1.29 is 9.90 Å². The zero-order chi connectivity index (χ0) is 24.5. The van der Waals surface area contributed by atoms with Crippen LogP contribution in [0.15, 0.2) is 91.3 Å². The van der Waals surface area contributed by atoms with Gasteiger partial charge in [0.15, 0.2) is 0 Å². The summed E-state index contributed by atoms with van der Waals surface area (Å²) in [5.74, 6) is 0.579. The Bertz CT molecular complexity index is 1230. The van der Waals surface area contributed by atoms with Crippen molar-refractivity contribution in [2.75, 3.05) is 18.4 Å². The van der Waals surface area contributed by atoms with Crippen LogP contribution in [0.2, 0.25) is 5.02 Å². The first-order chi connectivity index (χ1) is 17.1. The lowest BCUT2D eigenvalue weighted by atomic mass is 10.1. The molecule has 7 heteroatoms. The van der Waals surface area contributed by atoms with E-state index in [0.29, 0.717) is 23.9 Å². The van der Waals surface area contributed by atoms with Crippen LogP contribution in [0.5, 0.6) is 0 Å². The molecule has 1 amide bonds. The highest BCUT2D eigenvalue weighted by Crippen LogP contribution is 2.15. The first-order valence-corrected chi connectivity index (χ1v) is 12.0. The maximum atomic E-state index is 12.6. The number of aliphatic hydroxyl groups is 1. The van der Waals surface area contributed by atoms with E-state index in [1.54, 1.807) is 6.20 Å². The van der Waals surface area contributed by atoms with Crippen molar-refractivity contribution in [1.82, 2.24) is 14.9 Å². The number of aliphatic hydroxyl groups excluding tert-OH is 1. The fourth-order valence-corrected chi connectivity index (χ4v) is 4.06. The first kappa shape index (κ1) is 24.7. The lowest BCUT2D eigenvalue weighted by Crippen LogP contribution is -2.23. The number of anilines is 1. The van der Waals surface area contributed by atoms with E-state index in [2.05, 4.69) is 15.6 Å². The lowest BCUT2D eigenvalue weighted by Gasteiger charge is -2.12. The van der Waals surface area contributed by atoms with Gasteiger partial charge in [-0.1, -0.05) is 66.2 Å². The summed E-state index contributed by atoms with van der Waals surface area (Å²) < 4.78 is 1.95. The van der Waals surface area contributed by atoms with Crippen molar-refractivity contribution in [3.05, 3.63) is 119 Å². The predicted octanol–water partition coefficient (Wildman–Crippen LogP) is 4.63. The van der Waals surface area contributed by atoms with E-state index in [4.69, 9.17) is 11.6 Å². The first-order valence-electron chi connectivity index (χ1n) is 11.6. The average molecular weight is 489 g/mol. The molecule has 4 aromatic rings. The molecule has 0 saturated carbocycles. The third-order valence-electron chi connectivity index (χ3n) is 5.71. The van der Waals surface area contributed by atoms with E-state index >= 15 is 0 Å². The maximum Gasteiger partial charge on any atom is 0.231 e. The molecule has 0 spiro atoms. The van der Waals surface area contributed by atoms with Crippen molar-refractivity contribution >= 4 is 23.2 Å². The highest BCUT2D eigenvalue weighted by Gasteiger charge is 2.11. The summed E-state index contributed by atoms with van der Waals surface area (Å²) in [5, 5.41) is 17.1. The molecule has 1 unspecified atom stereocenters. The van der Waals surface area contributed by atoms with Gasteiger partial charge in [-0.2, -0.15) is 0 Å². The Kier molecular flexibility index (Phi) is 8.68. The summed E-state index contributed by atoms with van der Waals surface area (Å²) in [7, 11) is 0. The zero-order valence-corrected chi connectivity index (χ0v) is 20.2. The van der Waals surface area contributed by atoms with Gasteiger partial charge < -0.3 is 20.3 Å². The minimum atomic E-state index is -0.519. The molecular formula is C28H29ClN4O2. The van der Waals surface area contributed by atoms with Crippen LogP contribution in [-0.2, 0) is 24.2 Å². The van der Waals surface area contributed by atoms with Crippen molar-refractivity contribution in [3.63, 3.8) is 0 Å². The van der Waals surface area contributed by atoms with Gasteiger partial charge in [0.05, 0.1) is 12.5 Å². The maximum absolute atomic E-state index is 12.6. The third-order valence-corrected chi connectivity index (χ3v) is 5.95. The smallest absolute Gasteiger partial charge is 0.231 e. The number of carbonyl (C=O) groups excluding carboxylic acids is 1. The molecule has 1 aromatic heterocycles. The fraction of sp³-hybridized carbons (Fsp3) is 0.214. The Morgan fingerprint density at radius 1 is 1.00 bits per heavy atom. The van der Waals surface area contributed by atoms with Crippen LogP contribution < -0.4 is 10.6 Å². The Balaban J connectivity index is 1.22. The topological polar surface area (TPSA) is 79.2 Å². The molecule has 35 heavy (non-hydrogen) atoms. The van der Waals surface area contributed by atoms with Crippen LogP contribution in [0.1, 0.15) is 28.6 Å². The van der Waals surface area contributed by atoms with Crippen molar-refractivity contribution in [3.8, 4) is 0 Å². The number of rotatable bonds is 11. The van der Waals surface area contributed by atoms with E-state index in [1.807, 2.05) is 89.6 Å². The predicted molar refractivity (Wildman–Crippen MR) is 140 cm³/mol. The molecule has 0 bridgehead atoms. The van der Waals surface area contributed by atoms with Crippen LogP contribution in [0.25, 0.3) is 0 Å². The lowest BCUT2D eigenvalue weighted by molar-refractivity contribution is -0.115. The Morgan fingerprint density at radius 2 is 1.80 bits per heavy atom. The molecule has 0 aliphatic rings. The number of amides is 1. The molecule has 1 heterocycles. The average Bonchev–Trinajstić information content (AvgIpc) is 3.29. The van der Waals surface area contributed by atoms with Crippen LogP contribution in [0.3, 0.4) is 0 Å². The van der Waals surface area contributed by atoms with Gasteiger partial charge in [0.25, 0.3) is 0 Å². The number of nitrogens with zero attached hydrogens (tertiary/aromatic N) is 2. The van der Waals surface area contributed by atoms with E-state index < -0.39 is 6.10 Å². The quantitative estimate of drug-likeness (QED) is 0.269. The van der Waals surface area contributed by atoms with Crippen LogP contribution in [0, 0.1) is 0 Å². The van der Waals surface area contributed by atoms with E-state index in [-0.39, 0.29) is 12.3 Å². The Labute approximate surface area is 210 Å². The molecule has 3 aromatic carbocycles. The monoisotopic (exact) mass is 488 g/mol. The highest BCUT2D eigenvalue weighted by molar-refractivity contribution is 6.30. The van der Waals surface area contributed by atoms with Crippen LogP contribution in [-0.4, -0.2) is 33.7 Å². The molecule has 0 fully saturated rings. The summed E-state index contributed by atoms with van der Waals surface area (Å²) in [5.41, 5.74) is 3.87. The molecule has 6 nitrogen and oxygen atoms in total. The van der Waals surface area contributed by atoms with Crippen molar-refractivity contribution in [1.29, 1.82) is 0 Å². The second kappa shape index (κ2) is 12.3. The van der Waals surface area contributed by atoms with Gasteiger partial charge in [-0.15, -0.1) is 0 Å². The summed E-state index contributed by atoms with van der Waals surface area (Å²) in [4.78, 5) is 16.9. The minimum absolute atomic E-state index is 0.118. The normalized spacial score (nSPS) is 11.8. The van der Waals surface area contributed by atoms with E-state index in [0.717, 1.165) is 35.3 Å². The molecule has 1 atom stereocenters. The number of halogens is 1. The van der Waals surface area contributed by atoms with Gasteiger partial charge in [0, 0.05) is 36.2 Å². The van der Waals surface area contributed by atoms with Gasteiger partial charge in [0.2, 0.25) is 5.91 Å². The summed E-state index contributed by atoms with van der Waals surface area (Å²) in [6.07, 6.45) is 4.06. The molecule has 0 saturated heterocycles. The number of hydrogen-bond acceptors (Lipinski definition) is 4. The summed E-state index contributed by atoms with van der Waals surface area (Å²) >= 11 is 6.08. The second-order valence-corrected chi connectivity index (χ2v) is 8.84. The largest absolute Gasteiger partial charge is 0.387 e. The highest BCUT2D eigenvalue weighted by atomic mass is 35.5. The van der Waals surface area contributed by atoms with Crippen molar-refractivity contribution in [2.24, 2.45) is 0 Å². The molecule has 0 radical (unpaired) electrons. The Hall–Kier alpha value is -3.45. The summed E-state index contributed by atoms with van der Waals surface area (Å²) in [6.45, 7) is 1.87. The number of benzene rings is 3.